The van der Waals surface area contributed by atoms with Gasteiger partial charge in [-0.1, -0.05) is 60.7 Å². The number of halogens is 1. The smallest absolute Gasteiger partial charge is 0.400 e. The Kier molecular flexibility index (Phi) is 3.27. The average molecular weight is 465 g/mol. The third kappa shape index (κ3) is 2.02. The fraction of sp³-hybridized carbons (Fsp3) is 0.0645. The maximum Gasteiger partial charge on any atom is 0.667 e. The zero-order chi connectivity index (χ0) is 23.6. The van der Waals surface area contributed by atoms with Crippen LogP contribution in [0.5, 0.6) is 0 Å². The normalized spacial score (nSPS) is 16.4. The van der Waals surface area contributed by atoms with E-state index in [9.17, 15) is 0 Å². The number of fused-ring (bicyclic) bond motifs is 8. The third-order valence-electron chi connectivity index (χ3n) is 8.55. The molecule has 0 saturated carbocycles. The number of nitrogens with zero attached hydrogens (tertiary/aromatic N) is 3. The summed E-state index contributed by atoms with van der Waals surface area (Å²) in [5.74, 6) is 0. The van der Waals surface area contributed by atoms with Crippen LogP contribution in [0.3, 0.4) is 0 Å². The fourth-order valence-electron chi connectivity index (χ4n) is 7.23. The van der Waals surface area contributed by atoms with Crippen LogP contribution >= 0.6 is 0 Å². The maximum absolute atomic E-state index is 19.0. The Morgan fingerprint density at radius 2 is 0.972 bits per heavy atom. The van der Waals surface area contributed by atoms with Gasteiger partial charge in [-0.05, 0) is 52.6 Å². The summed E-state index contributed by atoms with van der Waals surface area (Å²) in [5, 5.41) is 0. The highest BCUT2D eigenvalue weighted by Gasteiger charge is 2.63. The Morgan fingerprint density at radius 1 is 0.528 bits per heavy atom. The van der Waals surface area contributed by atoms with Crippen molar-refractivity contribution in [1.82, 2.24) is 0 Å². The molecule has 4 aliphatic rings. The van der Waals surface area contributed by atoms with Crippen LogP contribution < -0.4 is 14.1 Å². The molecule has 0 radical (unpaired) electrons. The molecule has 0 bridgehead atoms. The van der Waals surface area contributed by atoms with E-state index in [-0.39, 0.29) is 0 Å². The lowest BCUT2D eigenvalue weighted by molar-refractivity contribution is -0.535. The molecule has 3 nitrogen and oxygen atoms in total. The van der Waals surface area contributed by atoms with Gasteiger partial charge in [-0.15, -0.1) is 0 Å². The molecule has 170 valence electrons. The van der Waals surface area contributed by atoms with Crippen LogP contribution in [0.2, 0.25) is 0 Å². The molecular formula is C31H21BFN3. The molecule has 0 amide bonds. The van der Waals surface area contributed by atoms with Gasteiger partial charge in [0.2, 0.25) is 0 Å². The van der Waals surface area contributed by atoms with Gasteiger partial charge in [-0.25, -0.2) is 0 Å². The van der Waals surface area contributed by atoms with E-state index in [2.05, 4.69) is 91.0 Å². The molecule has 5 heterocycles. The van der Waals surface area contributed by atoms with E-state index in [0.29, 0.717) is 0 Å². The monoisotopic (exact) mass is 465 g/mol. The molecule has 5 heteroatoms. The summed E-state index contributed by atoms with van der Waals surface area (Å²) < 4.78 is 20.9. The van der Waals surface area contributed by atoms with Crippen LogP contribution in [0, 0.1) is 0 Å². The van der Waals surface area contributed by atoms with Crippen molar-refractivity contribution >= 4 is 29.6 Å². The van der Waals surface area contributed by atoms with Gasteiger partial charge in [0.05, 0.1) is 11.1 Å². The Morgan fingerprint density at radius 3 is 1.50 bits per heavy atom. The highest BCUT2D eigenvalue weighted by Crippen LogP contribution is 2.56. The minimum Gasteiger partial charge on any atom is -0.400 e. The number of benzene rings is 4. The van der Waals surface area contributed by atoms with Crippen molar-refractivity contribution in [1.29, 1.82) is 0 Å². The first-order chi connectivity index (χ1) is 17.7. The van der Waals surface area contributed by atoms with Crippen LogP contribution in [0.1, 0.15) is 22.3 Å². The molecule has 1 aromatic heterocycles. The number of anilines is 4. The zero-order valence-electron chi connectivity index (χ0n) is 19.5. The molecule has 5 aromatic rings. The summed E-state index contributed by atoms with van der Waals surface area (Å²) in [5.41, 5.74) is 12.6. The fourth-order valence-corrected chi connectivity index (χ4v) is 7.23. The molecule has 4 aromatic carbocycles. The summed E-state index contributed by atoms with van der Waals surface area (Å²) in [7, 11) is 0. The van der Waals surface area contributed by atoms with Gasteiger partial charge in [0, 0.05) is 47.7 Å². The topological polar surface area (TPSA) is 10.4 Å². The summed E-state index contributed by atoms with van der Waals surface area (Å²) >= 11 is 0. The average Bonchev–Trinajstić information content (AvgIpc) is 2.92. The van der Waals surface area contributed by atoms with Crippen molar-refractivity contribution in [3.05, 3.63) is 125 Å². The largest absolute Gasteiger partial charge is 0.667 e. The molecular weight excluding hydrogens is 444 g/mol. The Hall–Kier alpha value is -4.38. The van der Waals surface area contributed by atoms with E-state index < -0.39 is 6.83 Å². The lowest BCUT2D eigenvalue weighted by Crippen LogP contribution is -2.83. The second-order valence-corrected chi connectivity index (χ2v) is 10.3. The van der Waals surface area contributed by atoms with Gasteiger partial charge in [0.15, 0.2) is 11.4 Å². The van der Waals surface area contributed by atoms with Crippen LogP contribution in [0.15, 0.2) is 103 Å². The molecule has 0 atom stereocenters. The van der Waals surface area contributed by atoms with Gasteiger partial charge in [0.1, 0.15) is 0 Å². The molecule has 0 N–H and O–H groups in total. The van der Waals surface area contributed by atoms with E-state index in [0.717, 1.165) is 69.2 Å². The van der Waals surface area contributed by atoms with Crippen LogP contribution in [0.4, 0.5) is 27.1 Å². The predicted octanol–water partition coefficient (Wildman–Crippen LogP) is 6.67. The first kappa shape index (κ1) is 18.9. The highest BCUT2D eigenvalue weighted by atomic mass is 19.1. The Bertz CT molecular complexity index is 1670. The molecule has 0 unspecified atom stereocenters. The number of pyridine rings is 1. The minimum absolute atomic E-state index is 0.806. The lowest BCUT2D eigenvalue weighted by atomic mass is 9.65. The first-order valence-corrected chi connectivity index (χ1v) is 12.6. The molecule has 0 saturated heterocycles. The van der Waals surface area contributed by atoms with Gasteiger partial charge in [-0.2, -0.15) is 0 Å². The van der Waals surface area contributed by atoms with Gasteiger partial charge in [-0.3, -0.25) is 0 Å². The van der Waals surface area contributed by atoms with Gasteiger partial charge in [0.25, 0.3) is 0 Å². The molecule has 36 heavy (non-hydrogen) atoms. The van der Waals surface area contributed by atoms with Crippen molar-refractivity contribution < 1.29 is 8.79 Å². The summed E-state index contributed by atoms with van der Waals surface area (Å²) in [6.07, 6.45) is 1.61. The Labute approximate surface area is 208 Å². The van der Waals surface area contributed by atoms with E-state index in [1.165, 1.54) is 11.1 Å². The van der Waals surface area contributed by atoms with Crippen molar-refractivity contribution in [3.8, 4) is 22.5 Å². The van der Waals surface area contributed by atoms with Crippen molar-refractivity contribution in [2.45, 2.75) is 12.8 Å². The number of hydrogen-bond donors (Lipinski definition) is 0. The highest BCUT2D eigenvalue weighted by molar-refractivity contribution is 6.77. The van der Waals surface area contributed by atoms with Gasteiger partial charge >= 0.3 is 6.83 Å². The van der Waals surface area contributed by atoms with Crippen molar-refractivity contribution in [2.24, 2.45) is 0 Å². The van der Waals surface area contributed by atoms with E-state index in [1.807, 2.05) is 26.2 Å². The number of rotatable bonds is 0. The van der Waals surface area contributed by atoms with Crippen molar-refractivity contribution in [2.75, 3.05) is 9.62 Å². The Balaban J connectivity index is 1.50. The molecule has 0 fully saturated rings. The standard InChI is InChI=1S/C31H21BFN3/c33-32-34-28(24-12-5-10-22-18-20-8-1-3-14-26(20)35(32)30(22)24)16-7-17-29(34)25-13-6-11-23-19-21-9-2-4-15-27(21)36(32)31(23)25/h1-17H,18-19H2. The SMILES string of the molecule is F[B-]12N3c4ccccc4Cc4cccc(c43)-c3cccc([n+]31)-c1cccc3c1N2c1ccccc1C3. The summed E-state index contributed by atoms with van der Waals surface area (Å²) in [6.45, 7) is -2.96. The lowest BCUT2D eigenvalue weighted by Gasteiger charge is -2.57. The molecule has 9 rings (SSSR count). The van der Waals surface area contributed by atoms with E-state index in [1.54, 1.807) is 0 Å². The second-order valence-electron chi connectivity index (χ2n) is 10.3. The van der Waals surface area contributed by atoms with Crippen molar-refractivity contribution in [3.63, 3.8) is 0 Å². The number of aromatic nitrogens is 1. The zero-order valence-corrected chi connectivity index (χ0v) is 19.5. The van der Waals surface area contributed by atoms with E-state index in [4.69, 9.17) is 0 Å². The third-order valence-corrected chi connectivity index (χ3v) is 8.55. The summed E-state index contributed by atoms with van der Waals surface area (Å²) in [6, 6.07) is 35.7. The van der Waals surface area contributed by atoms with E-state index >= 15 is 4.32 Å². The van der Waals surface area contributed by atoms with Gasteiger partial charge < -0.3 is 18.4 Å². The first-order valence-electron chi connectivity index (χ1n) is 12.6. The maximum atomic E-state index is 19.0. The quantitative estimate of drug-likeness (QED) is 0.237. The van der Waals surface area contributed by atoms with Crippen LogP contribution in [-0.2, 0) is 12.8 Å². The number of hydrogen-bond acceptors (Lipinski definition) is 2. The predicted molar refractivity (Wildman–Crippen MR) is 143 cm³/mol. The molecule has 4 aliphatic heterocycles. The minimum atomic E-state index is -2.96. The van der Waals surface area contributed by atoms with Crippen LogP contribution in [-0.4, -0.2) is 6.83 Å². The molecule has 0 spiro atoms. The second kappa shape index (κ2) is 6.24. The number of para-hydroxylation sites is 4. The molecule has 0 aliphatic carbocycles. The summed E-state index contributed by atoms with van der Waals surface area (Å²) in [4.78, 5) is 4.06. The van der Waals surface area contributed by atoms with Crippen LogP contribution in [0.25, 0.3) is 22.5 Å².